The minimum Gasteiger partial charge on any atom is -0.337 e. The highest BCUT2D eigenvalue weighted by Gasteiger charge is 2.31. The van der Waals surface area contributed by atoms with Gasteiger partial charge in [-0.3, -0.25) is 5.32 Å². The van der Waals surface area contributed by atoms with Crippen molar-refractivity contribution < 1.29 is 4.79 Å². The Morgan fingerprint density at radius 1 is 1.33 bits per heavy atom. The number of urea groups is 1. The van der Waals surface area contributed by atoms with Gasteiger partial charge in [0.25, 0.3) is 0 Å². The number of likely N-dealkylation sites (N-methyl/N-ethyl adjacent to an activating group) is 1. The number of hydrogen-bond donors (Lipinski definition) is 2. The van der Waals surface area contributed by atoms with Crippen LogP contribution in [0, 0.1) is 5.92 Å². The quantitative estimate of drug-likeness (QED) is 0.876. The van der Waals surface area contributed by atoms with Crippen molar-refractivity contribution in [2.24, 2.45) is 5.92 Å². The normalized spacial score (nSPS) is 20.9. The Morgan fingerprint density at radius 2 is 2.12 bits per heavy atom. The van der Waals surface area contributed by atoms with Crippen LogP contribution in [0.1, 0.15) is 23.3 Å². The lowest BCUT2D eigenvalue weighted by Gasteiger charge is -2.19. The summed E-state index contributed by atoms with van der Waals surface area (Å²) in [5.41, 5.74) is 1.35. The van der Waals surface area contributed by atoms with Crippen LogP contribution in [0.3, 0.4) is 0 Å². The van der Waals surface area contributed by atoms with Gasteiger partial charge in [-0.2, -0.15) is 0 Å². The van der Waals surface area contributed by atoms with E-state index in [0.29, 0.717) is 23.5 Å². The minimum absolute atomic E-state index is 0.173. The molecule has 0 saturated carbocycles. The first-order chi connectivity index (χ1) is 11.7. The third-order valence-electron chi connectivity index (χ3n) is 4.50. The van der Waals surface area contributed by atoms with E-state index in [1.54, 1.807) is 0 Å². The number of carbonyl (C=O) groups is 1. The monoisotopic (exact) mass is 344 g/mol. The van der Waals surface area contributed by atoms with Crippen molar-refractivity contribution >= 4 is 22.5 Å². The molecule has 128 valence electrons. The maximum atomic E-state index is 12.1. The van der Waals surface area contributed by atoms with E-state index in [-0.39, 0.29) is 6.03 Å². The largest absolute Gasteiger partial charge is 0.337 e. The molecule has 1 aromatic carbocycles. The van der Waals surface area contributed by atoms with Crippen molar-refractivity contribution in [1.29, 1.82) is 0 Å². The summed E-state index contributed by atoms with van der Waals surface area (Å²) in [6.45, 7) is 4.78. The van der Waals surface area contributed by atoms with Crippen LogP contribution in [0.25, 0.3) is 0 Å². The minimum atomic E-state index is -0.173. The molecule has 1 aliphatic heterocycles. The molecule has 1 aromatic heterocycles. The number of likely N-dealkylation sites (tertiary alicyclic amines) is 1. The fourth-order valence-electron chi connectivity index (χ4n) is 3.27. The second kappa shape index (κ2) is 7.77. The summed E-state index contributed by atoms with van der Waals surface area (Å²) in [4.78, 5) is 19.8. The standard InChI is InChI=1S/C18H24N4OS/c1-3-15-10-20-18(24-15)21-17(23)19-9-14-11-22(2)12-16(14)13-7-5-4-6-8-13/h4-8,10,14,16H,3,9,11-12H2,1-2H3,(H2,19,20,21,23)/t14-,16+/m1/s1. The Morgan fingerprint density at radius 3 is 2.83 bits per heavy atom. The number of amides is 2. The van der Waals surface area contributed by atoms with Gasteiger partial charge in [0.2, 0.25) is 0 Å². The molecule has 2 amide bonds. The van der Waals surface area contributed by atoms with Gasteiger partial charge < -0.3 is 10.2 Å². The summed E-state index contributed by atoms with van der Waals surface area (Å²) in [5, 5.41) is 6.50. The van der Waals surface area contributed by atoms with Crippen molar-refractivity contribution in [2.45, 2.75) is 19.3 Å². The average Bonchev–Trinajstić information content (AvgIpc) is 3.20. The van der Waals surface area contributed by atoms with Crippen molar-refractivity contribution in [3.05, 3.63) is 47.0 Å². The molecule has 3 rings (SSSR count). The number of benzene rings is 1. The van der Waals surface area contributed by atoms with E-state index in [0.717, 1.165) is 19.5 Å². The Labute approximate surface area is 147 Å². The second-order valence-corrected chi connectivity index (χ2v) is 7.43. The van der Waals surface area contributed by atoms with Gasteiger partial charge in [0.15, 0.2) is 5.13 Å². The molecular weight excluding hydrogens is 320 g/mol. The molecule has 0 bridgehead atoms. The lowest BCUT2D eigenvalue weighted by atomic mass is 9.89. The first kappa shape index (κ1) is 16.9. The van der Waals surface area contributed by atoms with E-state index < -0.39 is 0 Å². The first-order valence-electron chi connectivity index (χ1n) is 8.38. The van der Waals surface area contributed by atoms with Crippen LogP contribution in [0.2, 0.25) is 0 Å². The van der Waals surface area contributed by atoms with Gasteiger partial charge in [0, 0.05) is 36.6 Å². The predicted molar refractivity (Wildman–Crippen MR) is 98.7 cm³/mol. The van der Waals surface area contributed by atoms with Crippen LogP contribution in [0.4, 0.5) is 9.93 Å². The van der Waals surface area contributed by atoms with E-state index in [9.17, 15) is 4.79 Å². The zero-order valence-corrected chi connectivity index (χ0v) is 15.0. The number of aromatic nitrogens is 1. The molecule has 1 fully saturated rings. The molecule has 1 aliphatic rings. The molecule has 1 saturated heterocycles. The molecule has 2 aromatic rings. The summed E-state index contributed by atoms with van der Waals surface area (Å²) >= 11 is 1.53. The summed E-state index contributed by atoms with van der Waals surface area (Å²) in [5.74, 6) is 0.883. The second-order valence-electron chi connectivity index (χ2n) is 6.32. The molecule has 2 heterocycles. The molecule has 0 unspecified atom stereocenters. The zero-order chi connectivity index (χ0) is 16.9. The SMILES string of the molecule is CCc1cnc(NC(=O)NC[C@@H]2CN(C)C[C@H]2c2ccccc2)s1. The number of nitrogens with zero attached hydrogens (tertiary/aromatic N) is 2. The third kappa shape index (κ3) is 4.13. The fourth-order valence-corrected chi connectivity index (χ4v) is 4.01. The Hall–Kier alpha value is -1.92. The first-order valence-corrected chi connectivity index (χ1v) is 9.20. The van der Waals surface area contributed by atoms with Crippen LogP contribution in [-0.4, -0.2) is 42.6 Å². The molecule has 6 heteroatoms. The Balaban J connectivity index is 1.55. The van der Waals surface area contributed by atoms with Gasteiger partial charge in [-0.15, -0.1) is 11.3 Å². The predicted octanol–water partition coefficient (Wildman–Crippen LogP) is 3.17. The van der Waals surface area contributed by atoms with E-state index in [2.05, 4.69) is 58.8 Å². The number of hydrogen-bond acceptors (Lipinski definition) is 4. The highest BCUT2D eigenvalue weighted by molar-refractivity contribution is 7.15. The fraction of sp³-hybridized carbons (Fsp3) is 0.444. The van der Waals surface area contributed by atoms with Gasteiger partial charge in [0.05, 0.1) is 0 Å². The highest BCUT2D eigenvalue weighted by atomic mass is 32.1. The van der Waals surface area contributed by atoms with E-state index in [4.69, 9.17) is 0 Å². The molecule has 0 aliphatic carbocycles. The van der Waals surface area contributed by atoms with Crippen LogP contribution >= 0.6 is 11.3 Å². The maximum absolute atomic E-state index is 12.1. The number of aryl methyl sites for hydroxylation is 1. The van der Waals surface area contributed by atoms with Crippen molar-refractivity contribution in [2.75, 3.05) is 32.0 Å². The highest BCUT2D eigenvalue weighted by Crippen LogP contribution is 2.31. The zero-order valence-electron chi connectivity index (χ0n) is 14.2. The van der Waals surface area contributed by atoms with Crippen molar-refractivity contribution in [3.63, 3.8) is 0 Å². The van der Waals surface area contributed by atoms with E-state index in [1.165, 1.54) is 21.8 Å². The van der Waals surface area contributed by atoms with Crippen molar-refractivity contribution in [1.82, 2.24) is 15.2 Å². The average molecular weight is 344 g/mol. The van der Waals surface area contributed by atoms with Crippen LogP contribution in [-0.2, 0) is 6.42 Å². The number of rotatable bonds is 5. The topological polar surface area (TPSA) is 57.3 Å². The van der Waals surface area contributed by atoms with Gasteiger partial charge in [-0.05, 0) is 24.9 Å². The molecular formula is C18H24N4OS. The number of carbonyl (C=O) groups excluding carboxylic acids is 1. The van der Waals surface area contributed by atoms with Gasteiger partial charge in [-0.25, -0.2) is 9.78 Å². The van der Waals surface area contributed by atoms with Gasteiger partial charge >= 0.3 is 6.03 Å². The Bertz CT molecular complexity index is 673. The van der Waals surface area contributed by atoms with E-state index in [1.807, 2.05) is 12.3 Å². The summed E-state index contributed by atoms with van der Waals surface area (Å²) in [7, 11) is 2.14. The van der Waals surface area contributed by atoms with Crippen molar-refractivity contribution in [3.8, 4) is 0 Å². The van der Waals surface area contributed by atoms with Gasteiger partial charge in [-0.1, -0.05) is 37.3 Å². The smallest absolute Gasteiger partial charge is 0.321 e. The molecule has 5 nitrogen and oxygen atoms in total. The van der Waals surface area contributed by atoms with Crippen LogP contribution in [0.5, 0.6) is 0 Å². The van der Waals surface area contributed by atoms with Crippen LogP contribution in [0.15, 0.2) is 36.5 Å². The third-order valence-corrected chi connectivity index (χ3v) is 5.56. The molecule has 0 spiro atoms. The summed E-state index contributed by atoms with van der Waals surface area (Å²) in [6.07, 6.45) is 2.76. The maximum Gasteiger partial charge on any atom is 0.321 e. The number of anilines is 1. The van der Waals surface area contributed by atoms with E-state index >= 15 is 0 Å². The number of thiazole rings is 1. The Kier molecular flexibility index (Phi) is 5.48. The molecule has 24 heavy (non-hydrogen) atoms. The molecule has 2 N–H and O–H groups in total. The molecule has 2 atom stereocenters. The lowest BCUT2D eigenvalue weighted by Crippen LogP contribution is -2.35. The van der Waals surface area contributed by atoms with Gasteiger partial charge in [0.1, 0.15) is 0 Å². The van der Waals surface area contributed by atoms with Crippen LogP contribution < -0.4 is 10.6 Å². The summed E-state index contributed by atoms with van der Waals surface area (Å²) in [6, 6.07) is 10.4. The lowest BCUT2D eigenvalue weighted by molar-refractivity contribution is 0.249. The summed E-state index contributed by atoms with van der Waals surface area (Å²) < 4.78 is 0. The number of nitrogens with one attached hydrogen (secondary N) is 2. The molecule has 0 radical (unpaired) electrons.